The van der Waals surface area contributed by atoms with Crippen molar-refractivity contribution < 1.29 is 14.7 Å². The highest BCUT2D eigenvalue weighted by Gasteiger charge is 2.11. The second kappa shape index (κ2) is 6.94. The largest absolute Gasteiger partial charge is 0.465 e. The van der Waals surface area contributed by atoms with Crippen molar-refractivity contribution in [1.82, 2.24) is 4.90 Å². The van der Waals surface area contributed by atoms with Gasteiger partial charge in [-0.05, 0) is 6.42 Å². The van der Waals surface area contributed by atoms with Crippen LogP contribution in [-0.4, -0.2) is 35.1 Å². The van der Waals surface area contributed by atoms with E-state index in [-0.39, 0.29) is 13.1 Å². The molecule has 0 aliphatic carbocycles. The van der Waals surface area contributed by atoms with Gasteiger partial charge in [-0.2, -0.15) is 0 Å². The number of nitrogens with two attached hydrogens (primary N) is 1. The number of nitrogens with zero attached hydrogens (tertiary/aromatic N) is 1. The van der Waals surface area contributed by atoms with Crippen LogP contribution in [0.3, 0.4) is 0 Å². The molecule has 0 aromatic heterocycles. The van der Waals surface area contributed by atoms with Crippen molar-refractivity contribution >= 4 is 12.0 Å². The lowest BCUT2D eigenvalue weighted by molar-refractivity contribution is -0.118. The summed E-state index contributed by atoms with van der Waals surface area (Å²) >= 11 is 0. The molecule has 0 spiro atoms. The molecular formula is C9H16N2O3. The first kappa shape index (κ1) is 12.5. The fourth-order valence-electron chi connectivity index (χ4n) is 0.885. The van der Waals surface area contributed by atoms with Crippen molar-refractivity contribution in [3.8, 4) is 0 Å². The molecule has 0 saturated heterocycles. The number of carboxylic acid groups (broad SMARTS) is 1. The summed E-state index contributed by atoms with van der Waals surface area (Å²) in [5, 5.41) is 8.66. The van der Waals surface area contributed by atoms with Crippen molar-refractivity contribution in [2.24, 2.45) is 5.73 Å². The first-order valence-corrected chi connectivity index (χ1v) is 4.49. The smallest absolute Gasteiger partial charge is 0.408 e. The van der Waals surface area contributed by atoms with Crippen LogP contribution in [0.1, 0.15) is 19.8 Å². The normalized spacial score (nSPS) is 10.4. The van der Waals surface area contributed by atoms with E-state index in [0.717, 1.165) is 17.7 Å². The zero-order valence-corrected chi connectivity index (χ0v) is 8.27. The van der Waals surface area contributed by atoms with Crippen LogP contribution >= 0.6 is 0 Å². The molecule has 0 aromatic carbocycles. The molecule has 2 amide bonds. The molecule has 80 valence electrons. The SMILES string of the molecule is CCCC=CCN(CC(N)=O)C(=O)O. The molecule has 0 rings (SSSR count). The van der Waals surface area contributed by atoms with E-state index < -0.39 is 12.0 Å². The zero-order chi connectivity index (χ0) is 11.0. The van der Waals surface area contributed by atoms with Gasteiger partial charge in [-0.1, -0.05) is 25.5 Å². The van der Waals surface area contributed by atoms with E-state index in [1.54, 1.807) is 6.08 Å². The quantitative estimate of drug-likeness (QED) is 0.622. The Balaban J connectivity index is 3.97. The molecule has 0 radical (unpaired) electrons. The van der Waals surface area contributed by atoms with Crippen molar-refractivity contribution in [3.05, 3.63) is 12.2 Å². The zero-order valence-electron chi connectivity index (χ0n) is 8.27. The molecule has 0 aliphatic heterocycles. The lowest BCUT2D eigenvalue weighted by Gasteiger charge is -2.14. The van der Waals surface area contributed by atoms with E-state index in [1.807, 2.05) is 13.0 Å². The van der Waals surface area contributed by atoms with Gasteiger partial charge in [0.15, 0.2) is 0 Å². The number of unbranched alkanes of at least 4 members (excludes halogenated alkanes) is 1. The summed E-state index contributed by atoms with van der Waals surface area (Å²) in [6.45, 7) is 1.98. The Morgan fingerprint density at radius 3 is 2.50 bits per heavy atom. The van der Waals surface area contributed by atoms with Gasteiger partial charge in [-0.3, -0.25) is 9.69 Å². The van der Waals surface area contributed by atoms with Crippen LogP contribution in [0.5, 0.6) is 0 Å². The van der Waals surface area contributed by atoms with E-state index in [9.17, 15) is 9.59 Å². The van der Waals surface area contributed by atoms with Crippen LogP contribution in [0.4, 0.5) is 4.79 Å². The van der Waals surface area contributed by atoms with Crippen molar-refractivity contribution in [3.63, 3.8) is 0 Å². The Morgan fingerprint density at radius 2 is 2.07 bits per heavy atom. The summed E-state index contributed by atoms with van der Waals surface area (Å²) < 4.78 is 0. The van der Waals surface area contributed by atoms with Gasteiger partial charge in [-0.25, -0.2) is 4.79 Å². The molecule has 0 aromatic rings. The number of rotatable bonds is 6. The number of amides is 2. The summed E-state index contributed by atoms with van der Waals surface area (Å²) in [5.74, 6) is -0.642. The molecule has 3 N–H and O–H groups in total. The summed E-state index contributed by atoms with van der Waals surface area (Å²) in [4.78, 5) is 22.0. The third-order valence-corrected chi connectivity index (χ3v) is 1.57. The van der Waals surface area contributed by atoms with Crippen molar-refractivity contribution in [2.45, 2.75) is 19.8 Å². The Labute approximate surface area is 83.2 Å². The molecule has 0 fully saturated rings. The second-order valence-corrected chi connectivity index (χ2v) is 2.89. The standard InChI is InChI=1S/C9H16N2O3/c1-2-3-4-5-6-11(9(13)14)7-8(10)12/h4-5H,2-3,6-7H2,1H3,(H2,10,12)(H,13,14). The van der Waals surface area contributed by atoms with Gasteiger partial charge in [0.05, 0.1) is 0 Å². The number of carbonyl (C=O) groups excluding carboxylic acids is 1. The predicted octanol–water partition coefficient (Wildman–Crippen LogP) is 0.808. The lowest BCUT2D eigenvalue weighted by atomic mass is 10.3. The van der Waals surface area contributed by atoms with Gasteiger partial charge in [0.2, 0.25) is 5.91 Å². The number of allylic oxidation sites excluding steroid dienone is 1. The van der Waals surface area contributed by atoms with Gasteiger partial charge >= 0.3 is 6.09 Å². The minimum absolute atomic E-state index is 0.207. The van der Waals surface area contributed by atoms with E-state index in [1.165, 1.54) is 0 Å². The predicted molar refractivity (Wildman–Crippen MR) is 52.8 cm³/mol. The number of hydrogen-bond donors (Lipinski definition) is 2. The van der Waals surface area contributed by atoms with Crippen molar-refractivity contribution in [2.75, 3.05) is 13.1 Å². The minimum Gasteiger partial charge on any atom is -0.465 e. The highest BCUT2D eigenvalue weighted by atomic mass is 16.4. The van der Waals surface area contributed by atoms with E-state index in [0.29, 0.717) is 0 Å². The van der Waals surface area contributed by atoms with Crippen LogP contribution in [0.25, 0.3) is 0 Å². The van der Waals surface area contributed by atoms with E-state index in [4.69, 9.17) is 10.8 Å². The topological polar surface area (TPSA) is 83.6 Å². The number of hydrogen-bond acceptors (Lipinski definition) is 2. The average Bonchev–Trinajstić information content (AvgIpc) is 2.09. The van der Waals surface area contributed by atoms with Gasteiger partial charge < -0.3 is 10.8 Å². The summed E-state index contributed by atoms with van der Waals surface area (Å²) in [6.07, 6.45) is 4.39. The Hall–Kier alpha value is -1.52. The second-order valence-electron chi connectivity index (χ2n) is 2.89. The van der Waals surface area contributed by atoms with Crippen LogP contribution in [0.2, 0.25) is 0 Å². The molecule has 0 aliphatic rings. The first-order valence-electron chi connectivity index (χ1n) is 4.49. The van der Waals surface area contributed by atoms with Gasteiger partial charge in [0.1, 0.15) is 6.54 Å². The molecule has 0 unspecified atom stereocenters. The van der Waals surface area contributed by atoms with Crippen molar-refractivity contribution in [1.29, 1.82) is 0 Å². The Kier molecular flexibility index (Phi) is 6.19. The van der Waals surface area contributed by atoms with Crippen LogP contribution in [0.15, 0.2) is 12.2 Å². The molecular weight excluding hydrogens is 184 g/mol. The molecule has 0 saturated carbocycles. The molecule has 5 heteroatoms. The maximum atomic E-state index is 10.6. The summed E-state index contributed by atoms with van der Waals surface area (Å²) in [5.41, 5.74) is 4.89. The van der Waals surface area contributed by atoms with E-state index >= 15 is 0 Å². The minimum atomic E-state index is -1.13. The average molecular weight is 200 g/mol. The Morgan fingerprint density at radius 1 is 1.43 bits per heavy atom. The van der Waals surface area contributed by atoms with Gasteiger partial charge in [0.25, 0.3) is 0 Å². The summed E-state index contributed by atoms with van der Waals surface area (Å²) in [6, 6.07) is 0. The third kappa shape index (κ3) is 6.05. The number of primary amides is 1. The molecule has 0 bridgehead atoms. The van der Waals surface area contributed by atoms with Gasteiger partial charge in [0, 0.05) is 6.54 Å². The monoisotopic (exact) mass is 200 g/mol. The maximum absolute atomic E-state index is 10.6. The molecule has 5 nitrogen and oxygen atoms in total. The van der Waals surface area contributed by atoms with Crippen LogP contribution < -0.4 is 5.73 Å². The van der Waals surface area contributed by atoms with Crippen LogP contribution in [0, 0.1) is 0 Å². The highest BCUT2D eigenvalue weighted by Crippen LogP contribution is 1.93. The van der Waals surface area contributed by atoms with Crippen LogP contribution in [-0.2, 0) is 4.79 Å². The first-order chi connectivity index (χ1) is 6.57. The third-order valence-electron chi connectivity index (χ3n) is 1.57. The number of carbonyl (C=O) groups is 2. The lowest BCUT2D eigenvalue weighted by Crippen LogP contribution is -2.37. The maximum Gasteiger partial charge on any atom is 0.408 e. The fourth-order valence-corrected chi connectivity index (χ4v) is 0.885. The fraction of sp³-hybridized carbons (Fsp3) is 0.556. The Bertz CT molecular complexity index is 226. The molecule has 0 atom stereocenters. The highest BCUT2D eigenvalue weighted by molar-refractivity contribution is 5.80. The summed E-state index contributed by atoms with van der Waals surface area (Å²) in [7, 11) is 0. The molecule has 0 heterocycles. The molecule has 14 heavy (non-hydrogen) atoms. The van der Waals surface area contributed by atoms with E-state index in [2.05, 4.69) is 0 Å². The van der Waals surface area contributed by atoms with Gasteiger partial charge in [-0.15, -0.1) is 0 Å².